The van der Waals surface area contributed by atoms with Gasteiger partial charge in [-0.05, 0) is 67.4 Å². The van der Waals surface area contributed by atoms with Gasteiger partial charge in [0.1, 0.15) is 0 Å². The molecule has 0 unspecified atom stereocenters. The molecule has 0 aliphatic carbocycles. The molecule has 2 amide bonds. The number of rotatable bonds is 1. The van der Waals surface area contributed by atoms with Crippen LogP contribution in [0, 0.1) is 0 Å². The molecule has 166 valence electrons. The van der Waals surface area contributed by atoms with Gasteiger partial charge in [-0.2, -0.15) is 0 Å². The molecule has 0 aromatic heterocycles. The first kappa shape index (κ1) is 19.6. The fraction of sp³-hybridized carbons (Fsp3) is 0. The van der Waals surface area contributed by atoms with Crippen LogP contribution in [0.1, 0.15) is 20.7 Å². The number of nitrogens with zero attached hydrogens (tertiary/aromatic N) is 1. The van der Waals surface area contributed by atoms with Crippen LogP contribution in [-0.4, -0.2) is 11.8 Å². The summed E-state index contributed by atoms with van der Waals surface area (Å²) in [5, 5.41) is 7.46. The van der Waals surface area contributed by atoms with E-state index in [-0.39, 0.29) is 11.8 Å². The molecule has 5 nitrogen and oxygen atoms in total. The summed E-state index contributed by atoms with van der Waals surface area (Å²) in [5.41, 5.74) is 14.5. The van der Waals surface area contributed by atoms with Gasteiger partial charge >= 0.3 is 0 Å². The van der Waals surface area contributed by atoms with Crippen molar-refractivity contribution in [3.05, 3.63) is 102 Å². The zero-order valence-corrected chi connectivity index (χ0v) is 18.6. The Morgan fingerprint density at radius 2 is 1.11 bits per heavy atom. The number of para-hydroxylation sites is 2. The quantitative estimate of drug-likeness (QED) is 0.175. The molecule has 1 heterocycles. The number of carbonyl (C=O) groups excluding carboxylic acids is 2. The first-order chi connectivity index (χ1) is 17.0. The highest BCUT2D eigenvalue weighted by Gasteiger charge is 2.41. The highest BCUT2D eigenvalue weighted by molar-refractivity contribution is 6.45. The van der Waals surface area contributed by atoms with Crippen LogP contribution >= 0.6 is 0 Å². The van der Waals surface area contributed by atoms with Crippen molar-refractivity contribution in [1.82, 2.24) is 0 Å². The van der Waals surface area contributed by atoms with Gasteiger partial charge in [0, 0.05) is 5.69 Å². The number of hydrogen-bond acceptors (Lipinski definition) is 4. The topological polar surface area (TPSA) is 89.4 Å². The van der Waals surface area contributed by atoms with Crippen molar-refractivity contribution in [2.24, 2.45) is 0 Å². The lowest BCUT2D eigenvalue weighted by molar-refractivity contribution is 0.0927. The van der Waals surface area contributed by atoms with Crippen LogP contribution < -0.4 is 16.4 Å². The first-order valence-electron chi connectivity index (χ1n) is 11.4. The smallest absolute Gasteiger partial charge is 0.266 e. The highest BCUT2D eigenvalue weighted by atomic mass is 16.2. The van der Waals surface area contributed by atoms with Crippen molar-refractivity contribution in [3.63, 3.8) is 0 Å². The van der Waals surface area contributed by atoms with Crippen LogP contribution in [0.15, 0.2) is 91.0 Å². The number of hydrogen-bond donors (Lipinski definition) is 2. The van der Waals surface area contributed by atoms with Gasteiger partial charge < -0.3 is 11.5 Å². The summed E-state index contributed by atoms with van der Waals surface area (Å²) in [4.78, 5) is 29.0. The van der Waals surface area contributed by atoms with E-state index in [0.717, 1.165) is 43.1 Å². The van der Waals surface area contributed by atoms with Crippen molar-refractivity contribution in [3.8, 4) is 0 Å². The third-order valence-corrected chi connectivity index (χ3v) is 7.02. The van der Waals surface area contributed by atoms with Crippen molar-refractivity contribution in [1.29, 1.82) is 0 Å². The Morgan fingerprint density at radius 3 is 1.83 bits per heavy atom. The van der Waals surface area contributed by atoms with Crippen LogP contribution in [0.5, 0.6) is 0 Å². The number of nitrogens with two attached hydrogens (primary N) is 2. The largest absolute Gasteiger partial charge is 0.399 e. The molecule has 1 aliphatic rings. The first-order valence-corrected chi connectivity index (χ1v) is 11.4. The van der Waals surface area contributed by atoms with Crippen molar-refractivity contribution < 1.29 is 9.59 Å². The minimum atomic E-state index is -0.363. The maximum absolute atomic E-state index is 13.9. The molecule has 7 rings (SSSR count). The van der Waals surface area contributed by atoms with Gasteiger partial charge in [0.25, 0.3) is 11.8 Å². The van der Waals surface area contributed by atoms with Crippen LogP contribution in [0.4, 0.5) is 17.1 Å². The molecule has 0 radical (unpaired) electrons. The summed E-state index contributed by atoms with van der Waals surface area (Å²) in [6, 6.07) is 28.7. The fourth-order valence-corrected chi connectivity index (χ4v) is 5.51. The van der Waals surface area contributed by atoms with Gasteiger partial charge in [0.2, 0.25) is 0 Å². The Kier molecular flexibility index (Phi) is 3.80. The third-order valence-electron chi connectivity index (χ3n) is 7.02. The fourth-order valence-electron chi connectivity index (χ4n) is 5.51. The zero-order chi connectivity index (χ0) is 23.8. The lowest BCUT2D eigenvalue weighted by atomic mass is 9.87. The number of fused-ring (bicyclic) bond motifs is 10. The standard InChI is InChI=1S/C30H19N3O2/c31-18-11-14-20-17(15-18)10-13-22-26(20)25-19-6-2-1-5-16(19)9-12-21(25)27-28(22)30(35)33(29(27)34)24-8-4-3-7-23(24)32/h1-15H,31-32H2. The monoisotopic (exact) mass is 453 g/mol. The molecule has 0 bridgehead atoms. The molecule has 6 aromatic rings. The molecule has 5 heteroatoms. The number of benzene rings is 6. The number of anilines is 3. The van der Waals surface area contributed by atoms with Gasteiger partial charge in [-0.25, -0.2) is 4.90 Å². The molecule has 0 fully saturated rings. The summed E-state index contributed by atoms with van der Waals surface area (Å²) >= 11 is 0. The van der Waals surface area contributed by atoms with E-state index in [2.05, 4.69) is 12.1 Å². The van der Waals surface area contributed by atoms with Gasteiger partial charge in [0.15, 0.2) is 0 Å². The summed E-state index contributed by atoms with van der Waals surface area (Å²) < 4.78 is 0. The third kappa shape index (κ3) is 2.52. The normalized spacial score (nSPS) is 13.4. The van der Waals surface area contributed by atoms with Crippen molar-refractivity contribution in [2.45, 2.75) is 0 Å². The van der Waals surface area contributed by atoms with E-state index in [4.69, 9.17) is 11.5 Å². The van der Waals surface area contributed by atoms with E-state index in [1.807, 2.05) is 54.6 Å². The van der Waals surface area contributed by atoms with Crippen molar-refractivity contribution in [2.75, 3.05) is 16.4 Å². The van der Waals surface area contributed by atoms with E-state index in [9.17, 15) is 9.59 Å². The second-order valence-corrected chi connectivity index (χ2v) is 8.93. The van der Waals surface area contributed by atoms with Crippen molar-refractivity contribution >= 4 is 72.0 Å². The van der Waals surface area contributed by atoms with E-state index < -0.39 is 0 Å². The van der Waals surface area contributed by atoms with Gasteiger partial charge in [0.05, 0.1) is 22.5 Å². The number of imide groups is 1. The Hall–Kier alpha value is -4.90. The summed E-state index contributed by atoms with van der Waals surface area (Å²) in [6.07, 6.45) is 0. The van der Waals surface area contributed by atoms with Crippen LogP contribution in [-0.2, 0) is 0 Å². The Labute approximate surface area is 200 Å². The summed E-state index contributed by atoms with van der Waals surface area (Å²) in [5.74, 6) is -0.722. The Morgan fingerprint density at radius 1 is 0.543 bits per heavy atom. The highest BCUT2D eigenvalue weighted by Crippen LogP contribution is 2.45. The molecule has 0 spiro atoms. The SMILES string of the molecule is Nc1ccc2c(ccc3c4c(c5ccc6ccccc6c5c32)C(=O)N(c2ccccc2N)C4=O)c1. The number of carbonyl (C=O) groups is 2. The van der Waals surface area contributed by atoms with Crippen LogP contribution in [0.2, 0.25) is 0 Å². The minimum absolute atomic E-state index is 0.359. The van der Waals surface area contributed by atoms with E-state index >= 15 is 0 Å². The molecular weight excluding hydrogens is 434 g/mol. The van der Waals surface area contributed by atoms with E-state index in [1.54, 1.807) is 24.3 Å². The predicted molar refractivity (Wildman–Crippen MR) is 143 cm³/mol. The van der Waals surface area contributed by atoms with Crippen LogP contribution in [0.25, 0.3) is 43.1 Å². The molecule has 6 aromatic carbocycles. The van der Waals surface area contributed by atoms with Gasteiger partial charge in [-0.1, -0.05) is 66.7 Å². The Balaban J connectivity index is 1.72. The predicted octanol–water partition coefficient (Wildman–Crippen LogP) is 6.26. The van der Waals surface area contributed by atoms with Crippen LogP contribution in [0.3, 0.4) is 0 Å². The molecule has 0 atom stereocenters. The Bertz CT molecular complexity index is 1920. The second kappa shape index (κ2) is 6.81. The molecule has 0 saturated carbocycles. The second-order valence-electron chi connectivity index (χ2n) is 8.93. The summed E-state index contributed by atoms with van der Waals surface area (Å²) in [7, 11) is 0. The maximum Gasteiger partial charge on any atom is 0.266 e. The zero-order valence-electron chi connectivity index (χ0n) is 18.6. The number of amides is 2. The molecular formula is C30H19N3O2. The lowest BCUT2D eigenvalue weighted by Crippen LogP contribution is -2.30. The molecule has 35 heavy (non-hydrogen) atoms. The lowest BCUT2D eigenvalue weighted by Gasteiger charge is -2.15. The average Bonchev–Trinajstić information content (AvgIpc) is 3.13. The van der Waals surface area contributed by atoms with Gasteiger partial charge in [-0.15, -0.1) is 0 Å². The maximum atomic E-state index is 13.9. The number of nitrogen functional groups attached to an aromatic ring is 2. The summed E-state index contributed by atoms with van der Waals surface area (Å²) in [6.45, 7) is 0. The molecule has 1 aliphatic heterocycles. The molecule has 0 saturated heterocycles. The molecule has 4 N–H and O–H groups in total. The average molecular weight is 454 g/mol. The van der Waals surface area contributed by atoms with Gasteiger partial charge in [-0.3, -0.25) is 9.59 Å². The van der Waals surface area contributed by atoms with E-state index in [0.29, 0.717) is 28.2 Å². The van der Waals surface area contributed by atoms with E-state index in [1.165, 1.54) is 4.90 Å². The minimum Gasteiger partial charge on any atom is -0.399 e.